The summed E-state index contributed by atoms with van der Waals surface area (Å²) in [5, 5.41) is 0. The van der Waals surface area contributed by atoms with Gasteiger partial charge in [0.15, 0.2) is 19.7 Å². The van der Waals surface area contributed by atoms with E-state index >= 15 is 0 Å². The minimum Gasteiger partial charge on any atom is -0.373 e. The summed E-state index contributed by atoms with van der Waals surface area (Å²) >= 11 is 0. The lowest BCUT2D eigenvalue weighted by molar-refractivity contribution is -0.137. The molecule has 170 valence electrons. The molecule has 0 amide bonds. The third kappa shape index (κ3) is 4.65. The molecule has 1 heterocycles. The van der Waals surface area contributed by atoms with Crippen molar-refractivity contribution in [3.8, 4) is 0 Å². The quantitative estimate of drug-likeness (QED) is 0.649. The standard InChI is InChI=1S/C21H23F3O5S2/c1-14-7-8-16(30(3,25)26)12-18(14)19-13-20(2,9-10-29-19)31(27,28)17-6-4-5-15(11-17)21(22,23)24/h4-8,11-12,19H,9-10,13H2,1-3H3. The molecule has 0 saturated carbocycles. The van der Waals surface area contributed by atoms with Gasteiger partial charge in [-0.05, 0) is 68.1 Å². The minimum atomic E-state index is -4.66. The van der Waals surface area contributed by atoms with Crippen LogP contribution >= 0.6 is 0 Å². The summed E-state index contributed by atoms with van der Waals surface area (Å²) in [7, 11) is -7.61. The van der Waals surface area contributed by atoms with Crippen molar-refractivity contribution >= 4 is 19.7 Å². The predicted molar refractivity (Wildman–Crippen MR) is 109 cm³/mol. The molecule has 2 aromatic carbocycles. The Morgan fingerprint density at radius 3 is 2.32 bits per heavy atom. The first-order valence-corrected chi connectivity index (χ1v) is 12.9. The summed E-state index contributed by atoms with van der Waals surface area (Å²) in [6.45, 7) is 3.33. The Labute approximate surface area is 180 Å². The number of ether oxygens (including phenoxy) is 1. The van der Waals surface area contributed by atoms with E-state index in [2.05, 4.69) is 0 Å². The molecule has 1 saturated heterocycles. The van der Waals surface area contributed by atoms with Gasteiger partial charge in [-0.25, -0.2) is 16.8 Å². The van der Waals surface area contributed by atoms with Crippen LogP contribution in [-0.4, -0.2) is 34.4 Å². The zero-order valence-electron chi connectivity index (χ0n) is 17.2. The Bertz CT molecular complexity index is 1200. The molecule has 0 radical (unpaired) electrons. The van der Waals surface area contributed by atoms with Gasteiger partial charge < -0.3 is 4.74 Å². The van der Waals surface area contributed by atoms with E-state index in [0.29, 0.717) is 11.6 Å². The molecule has 0 N–H and O–H groups in total. The average Bonchev–Trinajstić information content (AvgIpc) is 2.67. The van der Waals surface area contributed by atoms with Crippen molar-refractivity contribution in [2.24, 2.45) is 0 Å². The molecule has 2 atom stereocenters. The summed E-state index contributed by atoms with van der Waals surface area (Å²) < 4.78 is 94.3. The molecule has 0 bridgehead atoms. The fourth-order valence-electron chi connectivity index (χ4n) is 3.73. The van der Waals surface area contributed by atoms with Gasteiger partial charge in [-0.2, -0.15) is 13.2 Å². The molecule has 1 aliphatic rings. The van der Waals surface area contributed by atoms with E-state index in [1.807, 2.05) is 0 Å². The molecular weight excluding hydrogens is 453 g/mol. The highest BCUT2D eigenvalue weighted by molar-refractivity contribution is 7.92. The summed E-state index contributed by atoms with van der Waals surface area (Å²) in [6, 6.07) is 8.29. The van der Waals surface area contributed by atoms with Crippen LogP contribution in [-0.2, 0) is 30.6 Å². The highest BCUT2D eigenvalue weighted by Crippen LogP contribution is 2.43. The van der Waals surface area contributed by atoms with Crippen LogP contribution in [0.3, 0.4) is 0 Å². The lowest BCUT2D eigenvalue weighted by atomic mass is 9.90. The molecule has 2 aromatic rings. The van der Waals surface area contributed by atoms with Gasteiger partial charge in [0, 0.05) is 12.9 Å². The first kappa shape index (κ1) is 23.7. The number of alkyl halides is 3. The van der Waals surface area contributed by atoms with Crippen molar-refractivity contribution in [3.05, 3.63) is 59.2 Å². The Hall–Kier alpha value is -1.91. The van der Waals surface area contributed by atoms with Gasteiger partial charge in [0.05, 0.1) is 26.2 Å². The molecule has 2 unspecified atom stereocenters. The zero-order valence-corrected chi connectivity index (χ0v) is 18.9. The molecule has 10 heteroatoms. The molecule has 0 spiro atoms. The van der Waals surface area contributed by atoms with Crippen LogP contribution in [0, 0.1) is 6.92 Å². The largest absolute Gasteiger partial charge is 0.416 e. The van der Waals surface area contributed by atoms with E-state index in [4.69, 9.17) is 4.74 Å². The van der Waals surface area contributed by atoms with Gasteiger partial charge in [-0.3, -0.25) is 0 Å². The van der Waals surface area contributed by atoms with Gasteiger partial charge in [0.1, 0.15) is 0 Å². The third-order valence-corrected chi connectivity index (χ3v) is 9.37. The second kappa shape index (κ2) is 7.90. The number of hydrogen-bond donors (Lipinski definition) is 0. The highest BCUT2D eigenvalue weighted by Gasteiger charge is 2.46. The topological polar surface area (TPSA) is 77.5 Å². The van der Waals surface area contributed by atoms with Gasteiger partial charge in [0.2, 0.25) is 0 Å². The summed E-state index contributed by atoms with van der Waals surface area (Å²) in [6.07, 6.45) is -4.20. The molecule has 31 heavy (non-hydrogen) atoms. The van der Waals surface area contributed by atoms with Gasteiger partial charge in [0.25, 0.3) is 0 Å². The maximum absolute atomic E-state index is 13.4. The van der Waals surface area contributed by atoms with Crippen molar-refractivity contribution in [2.45, 2.75) is 53.5 Å². The first-order chi connectivity index (χ1) is 14.1. The molecule has 1 aliphatic heterocycles. The smallest absolute Gasteiger partial charge is 0.373 e. The number of rotatable bonds is 4. The minimum absolute atomic E-state index is 0.0143. The van der Waals surface area contributed by atoms with E-state index in [1.54, 1.807) is 13.0 Å². The summed E-state index contributed by atoms with van der Waals surface area (Å²) in [4.78, 5) is -0.309. The van der Waals surface area contributed by atoms with Crippen LogP contribution in [0.15, 0.2) is 52.3 Å². The SMILES string of the molecule is Cc1ccc(S(C)(=O)=O)cc1C1CC(C)(S(=O)(=O)c2cccc(C(F)(F)F)c2)CCO1. The van der Waals surface area contributed by atoms with Crippen LogP contribution in [0.4, 0.5) is 13.2 Å². The van der Waals surface area contributed by atoms with Crippen LogP contribution in [0.2, 0.25) is 0 Å². The second-order valence-electron chi connectivity index (χ2n) is 8.08. The fourth-order valence-corrected chi connectivity index (χ4v) is 6.22. The number of aryl methyl sites for hydroxylation is 1. The van der Waals surface area contributed by atoms with Crippen molar-refractivity contribution in [3.63, 3.8) is 0 Å². The maximum Gasteiger partial charge on any atom is 0.416 e. The van der Waals surface area contributed by atoms with E-state index in [-0.39, 0.29) is 24.3 Å². The van der Waals surface area contributed by atoms with Crippen LogP contribution in [0.1, 0.15) is 42.6 Å². The molecule has 1 fully saturated rings. The third-order valence-electron chi connectivity index (χ3n) is 5.71. The van der Waals surface area contributed by atoms with Crippen molar-refractivity contribution in [2.75, 3.05) is 12.9 Å². The fraction of sp³-hybridized carbons (Fsp3) is 0.429. The van der Waals surface area contributed by atoms with Gasteiger partial charge in [-0.15, -0.1) is 0 Å². The van der Waals surface area contributed by atoms with E-state index in [1.165, 1.54) is 19.1 Å². The van der Waals surface area contributed by atoms with Crippen molar-refractivity contribution < 1.29 is 34.7 Å². The second-order valence-corrected chi connectivity index (χ2v) is 12.6. The number of halogens is 3. The van der Waals surface area contributed by atoms with Crippen LogP contribution in [0.5, 0.6) is 0 Å². The molecule has 3 rings (SSSR count). The first-order valence-electron chi connectivity index (χ1n) is 9.49. The Morgan fingerprint density at radius 2 is 1.71 bits per heavy atom. The van der Waals surface area contributed by atoms with E-state index in [9.17, 15) is 30.0 Å². The number of benzene rings is 2. The molecular formula is C21H23F3O5S2. The monoisotopic (exact) mass is 476 g/mol. The van der Waals surface area contributed by atoms with Crippen LogP contribution in [0.25, 0.3) is 0 Å². The van der Waals surface area contributed by atoms with Crippen molar-refractivity contribution in [1.82, 2.24) is 0 Å². The number of sulfone groups is 2. The molecule has 5 nitrogen and oxygen atoms in total. The van der Waals surface area contributed by atoms with E-state index < -0.39 is 47.2 Å². The van der Waals surface area contributed by atoms with Gasteiger partial charge in [-0.1, -0.05) is 12.1 Å². The normalized spacial score (nSPS) is 23.0. The maximum atomic E-state index is 13.4. The van der Waals surface area contributed by atoms with E-state index in [0.717, 1.165) is 30.0 Å². The zero-order chi connectivity index (χ0) is 23.2. The average molecular weight is 477 g/mol. The van der Waals surface area contributed by atoms with Gasteiger partial charge >= 0.3 is 6.18 Å². The lowest BCUT2D eigenvalue weighted by Crippen LogP contribution is -2.42. The van der Waals surface area contributed by atoms with Crippen LogP contribution < -0.4 is 0 Å². The summed E-state index contributed by atoms with van der Waals surface area (Å²) in [5.41, 5.74) is 0.253. The van der Waals surface area contributed by atoms with Crippen molar-refractivity contribution in [1.29, 1.82) is 0 Å². The lowest BCUT2D eigenvalue weighted by Gasteiger charge is -2.38. The highest BCUT2D eigenvalue weighted by atomic mass is 32.2. The summed E-state index contributed by atoms with van der Waals surface area (Å²) in [5.74, 6) is 0. The molecule has 0 aromatic heterocycles. The Kier molecular flexibility index (Phi) is 6.05. The predicted octanol–water partition coefficient (Wildman–Crippen LogP) is 4.50. The Balaban J connectivity index is 2.01. The number of hydrogen-bond acceptors (Lipinski definition) is 5. The Morgan fingerprint density at radius 1 is 1.03 bits per heavy atom. The molecule has 0 aliphatic carbocycles.